The van der Waals surface area contributed by atoms with Gasteiger partial charge >= 0.3 is 0 Å². The maximum Gasteiger partial charge on any atom is 0.181 e. The summed E-state index contributed by atoms with van der Waals surface area (Å²) < 4.78 is 2.27. The minimum atomic E-state index is 0.615. The van der Waals surface area contributed by atoms with E-state index in [0.717, 1.165) is 26.9 Å². The van der Waals surface area contributed by atoms with Gasteiger partial charge < -0.3 is 11.5 Å². The van der Waals surface area contributed by atoms with E-state index < -0.39 is 0 Å². The number of nitrogens with zero attached hydrogens (tertiary/aromatic N) is 2. The zero-order valence-electron chi connectivity index (χ0n) is 11.0. The van der Waals surface area contributed by atoms with Gasteiger partial charge in [0.25, 0.3) is 0 Å². The van der Waals surface area contributed by atoms with Crippen molar-refractivity contribution in [3.05, 3.63) is 47.5 Å². The second kappa shape index (κ2) is 4.68. The first-order valence-electron chi connectivity index (χ1n) is 6.47. The van der Waals surface area contributed by atoms with Crippen LogP contribution in [0.15, 0.2) is 36.4 Å². The summed E-state index contributed by atoms with van der Waals surface area (Å²) in [7, 11) is 0. The van der Waals surface area contributed by atoms with Gasteiger partial charge in [0, 0.05) is 0 Å². The third kappa shape index (κ3) is 2.32. The van der Waals surface area contributed by atoms with Crippen LogP contribution in [-0.4, -0.2) is 9.97 Å². The molecule has 4 N–H and O–H groups in total. The first-order chi connectivity index (χ1) is 10.2. The van der Waals surface area contributed by atoms with Crippen molar-refractivity contribution in [3.8, 4) is 0 Å². The summed E-state index contributed by atoms with van der Waals surface area (Å²) in [6.45, 7) is 0. The average Bonchev–Trinajstić information content (AvgIpc) is 2.98. The molecule has 0 amide bonds. The summed E-state index contributed by atoms with van der Waals surface area (Å²) in [5, 5.41) is 1.23. The Kier molecular flexibility index (Phi) is 2.80. The molecule has 2 aromatic carbocycles. The lowest BCUT2D eigenvalue weighted by atomic mass is 10.0. The van der Waals surface area contributed by atoms with Gasteiger partial charge in [0.15, 0.2) is 10.3 Å². The average molecular weight is 312 g/mol. The number of nitrogens with two attached hydrogens (primary N) is 2. The normalized spacial score (nSPS) is 11.4. The first-order valence-corrected chi connectivity index (χ1v) is 8.10. The zero-order valence-corrected chi connectivity index (χ0v) is 12.7. The Morgan fingerprint density at radius 2 is 1.24 bits per heavy atom. The highest BCUT2D eigenvalue weighted by Crippen LogP contribution is 2.28. The van der Waals surface area contributed by atoms with E-state index in [9.17, 15) is 0 Å². The Morgan fingerprint density at radius 3 is 1.71 bits per heavy atom. The number of benzene rings is 2. The van der Waals surface area contributed by atoms with E-state index in [-0.39, 0.29) is 0 Å². The third-order valence-electron chi connectivity index (χ3n) is 3.35. The molecule has 21 heavy (non-hydrogen) atoms. The monoisotopic (exact) mass is 312 g/mol. The molecule has 4 nitrogen and oxygen atoms in total. The van der Waals surface area contributed by atoms with Crippen LogP contribution in [0.25, 0.3) is 20.4 Å². The van der Waals surface area contributed by atoms with Crippen molar-refractivity contribution in [2.24, 2.45) is 0 Å². The fourth-order valence-electron chi connectivity index (χ4n) is 2.43. The van der Waals surface area contributed by atoms with Crippen molar-refractivity contribution in [2.75, 3.05) is 11.5 Å². The summed E-state index contributed by atoms with van der Waals surface area (Å²) in [6, 6.07) is 12.6. The molecular weight excluding hydrogens is 300 g/mol. The summed E-state index contributed by atoms with van der Waals surface area (Å²) in [5.41, 5.74) is 15.9. The molecule has 0 atom stereocenters. The predicted molar refractivity (Wildman–Crippen MR) is 90.9 cm³/mol. The molecule has 0 saturated heterocycles. The summed E-state index contributed by atoms with van der Waals surface area (Å²) in [5.74, 6) is 0. The number of thiazole rings is 2. The highest BCUT2D eigenvalue weighted by molar-refractivity contribution is 7.22. The van der Waals surface area contributed by atoms with Crippen LogP contribution in [0.1, 0.15) is 11.1 Å². The number of hydrogen-bond acceptors (Lipinski definition) is 6. The standard InChI is InChI=1S/C15H12N4S2/c16-14-18-10-3-1-8(6-12(10)20-14)5-9-2-4-11-13(7-9)21-15(17)19-11/h1-4,6-7H,5H2,(H2,16,18)(H2,17,19). The SMILES string of the molecule is Nc1nc2ccc(Cc3ccc4nc(N)sc4c3)cc2s1. The second-order valence-corrected chi connectivity index (χ2v) is 7.01. The third-order valence-corrected chi connectivity index (χ3v) is 5.04. The number of rotatable bonds is 2. The maximum atomic E-state index is 5.75. The van der Waals surface area contributed by atoms with Crippen molar-refractivity contribution in [2.45, 2.75) is 6.42 Å². The van der Waals surface area contributed by atoms with Gasteiger partial charge in [-0.05, 0) is 41.8 Å². The Hall–Kier alpha value is -2.18. The lowest BCUT2D eigenvalue weighted by Crippen LogP contribution is -1.87. The molecule has 2 heterocycles. The molecule has 0 radical (unpaired) electrons. The molecule has 0 saturated carbocycles. The lowest BCUT2D eigenvalue weighted by molar-refractivity contribution is 1.21. The van der Waals surface area contributed by atoms with Crippen LogP contribution >= 0.6 is 22.7 Å². The summed E-state index contributed by atoms with van der Waals surface area (Å²) >= 11 is 3.05. The quantitative estimate of drug-likeness (QED) is 0.592. The topological polar surface area (TPSA) is 77.8 Å². The van der Waals surface area contributed by atoms with E-state index in [1.807, 2.05) is 12.1 Å². The molecule has 0 unspecified atom stereocenters. The second-order valence-electron chi connectivity index (χ2n) is 4.89. The molecule has 4 rings (SSSR count). The van der Waals surface area contributed by atoms with E-state index in [1.54, 1.807) is 0 Å². The minimum Gasteiger partial charge on any atom is -0.375 e. The molecule has 0 bridgehead atoms. The van der Waals surface area contributed by atoms with Crippen LogP contribution in [0.3, 0.4) is 0 Å². The fourth-order valence-corrected chi connectivity index (χ4v) is 4.03. The van der Waals surface area contributed by atoms with Gasteiger partial charge in [-0.25, -0.2) is 9.97 Å². The van der Waals surface area contributed by atoms with Gasteiger partial charge in [0.05, 0.1) is 20.4 Å². The molecule has 2 aromatic heterocycles. The zero-order chi connectivity index (χ0) is 14.4. The van der Waals surface area contributed by atoms with Gasteiger partial charge in [-0.1, -0.05) is 34.8 Å². The van der Waals surface area contributed by atoms with Crippen molar-refractivity contribution in [1.29, 1.82) is 0 Å². The Morgan fingerprint density at radius 1 is 0.762 bits per heavy atom. The van der Waals surface area contributed by atoms with Crippen LogP contribution in [0, 0.1) is 0 Å². The smallest absolute Gasteiger partial charge is 0.181 e. The molecule has 0 spiro atoms. The molecule has 0 fully saturated rings. The molecule has 104 valence electrons. The number of anilines is 2. The Balaban J connectivity index is 1.70. The minimum absolute atomic E-state index is 0.615. The number of hydrogen-bond donors (Lipinski definition) is 2. The highest BCUT2D eigenvalue weighted by Gasteiger charge is 2.05. The molecular formula is C15H12N4S2. The van der Waals surface area contributed by atoms with Crippen LogP contribution in [0.2, 0.25) is 0 Å². The summed E-state index contributed by atoms with van der Waals surface area (Å²) in [6.07, 6.45) is 0.876. The largest absolute Gasteiger partial charge is 0.375 e. The molecule has 0 aliphatic heterocycles. The van der Waals surface area contributed by atoms with E-state index >= 15 is 0 Å². The van der Waals surface area contributed by atoms with Crippen molar-refractivity contribution < 1.29 is 0 Å². The molecule has 4 aromatic rings. The van der Waals surface area contributed by atoms with E-state index in [4.69, 9.17) is 11.5 Å². The Bertz CT molecular complexity index is 877. The fraction of sp³-hybridized carbons (Fsp3) is 0.0667. The molecule has 0 aliphatic rings. The lowest BCUT2D eigenvalue weighted by Gasteiger charge is -2.02. The van der Waals surface area contributed by atoms with Crippen LogP contribution in [-0.2, 0) is 6.42 Å². The molecule has 6 heteroatoms. The maximum absolute atomic E-state index is 5.75. The van der Waals surface area contributed by atoms with E-state index in [2.05, 4.69) is 34.2 Å². The van der Waals surface area contributed by atoms with Gasteiger partial charge in [-0.2, -0.15) is 0 Å². The van der Waals surface area contributed by atoms with Crippen LogP contribution in [0.4, 0.5) is 10.3 Å². The number of nitrogen functional groups attached to an aromatic ring is 2. The van der Waals surface area contributed by atoms with Gasteiger partial charge in [0.2, 0.25) is 0 Å². The Labute approximate surface area is 129 Å². The van der Waals surface area contributed by atoms with Crippen molar-refractivity contribution >= 4 is 53.4 Å². The van der Waals surface area contributed by atoms with Crippen molar-refractivity contribution in [3.63, 3.8) is 0 Å². The molecule has 0 aliphatic carbocycles. The van der Waals surface area contributed by atoms with Gasteiger partial charge in [-0.15, -0.1) is 0 Å². The summed E-state index contributed by atoms with van der Waals surface area (Å²) in [4.78, 5) is 8.56. The predicted octanol–water partition coefficient (Wildman–Crippen LogP) is 3.66. The van der Waals surface area contributed by atoms with Crippen LogP contribution < -0.4 is 11.5 Å². The highest BCUT2D eigenvalue weighted by atomic mass is 32.1. The number of aromatic nitrogens is 2. The van der Waals surface area contributed by atoms with Crippen molar-refractivity contribution in [1.82, 2.24) is 9.97 Å². The van der Waals surface area contributed by atoms with Crippen LogP contribution in [0.5, 0.6) is 0 Å². The van der Waals surface area contributed by atoms with Gasteiger partial charge in [0.1, 0.15) is 0 Å². The first kappa shape index (κ1) is 12.6. The van der Waals surface area contributed by atoms with E-state index in [1.165, 1.54) is 33.8 Å². The van der Waals surface area contributed by atoms with Gasteiger partial charge in [-0.3, -0.25) is 0 Å². The van der Waals surface area contributed by atoms with E-state index in [0.29, 0.717) is 10.3 Å². The number of fused-ring (bicyclic) bond motifs is 2.